The van der Waals surface area contributed by atoms with Crippen molar-refractivity contribution in [2.24, 2.45) is 0 Å². The zero-order valence-electron chi connectivity index (χ0n) is 10.7. The molecule has 0 heterocycles. The van der Waals surface area contributed by atoms with Crippen LogP contribution in [0.1, 0.15) is 17.5 Å². The topological polar surface area (TPSA) is 43.7 Å². The summed E-state index contributed by atoms with van der Waals surface area (Å²) in [6.07, 6.45) is -4.03. The van der Waals surface area contributed by atoms with Crippen molar-refractivity contribution in [2.75, 3.05) is 19.7 Å². The molecule has 0 amide bonds. The van der Waals surface area contributed by atoms with Crippen LogP contribution >= 0.6 is 0 Å². The van der Waals surface area contributed by atoms with Crippen LogP contribution in [-0.2, 0) is 6.54 Å². The Balaban J connectivity index is 2.78. The molecule has 1 rings (SSSR count). The highest BCUT2D eigenvalue weighted by atomic mass is 19.4. The monoisotopic (exact) mass is 277 g/mol. The normalized spacial score (nSPS) is 12.1. The number of alkyl halides is 3. The Morgan fingerprint density at radius 1 is 1.26 bits per heavy atom. The minimum absolute atomic E-state index is 0.00697. The second kappa shape index (κ2) is 6.77. The van der Waals surface area contributed by atoms with Gasteiger partial charge in [-0.1, -0.05) is 17.7 Å². The molecule has 19 heavy (non-hydrogen) atoms. The van der Waals surface area contributed by atoms with Crippen LogP contribution < -0.4 is 0 Å². The van der Waals surface area contributed by atoms with E-state index in [4.69, 9.17) is 5.11 Å². The zero-order valence-corrected chi connectivity index (χ0v) is 10.7. The van der Waals surface area contributed by atoms with E-state index in [9.17, 15) is 18.3 Å². The molecule has 2 N–H and O–H groups in total. The molecule has 0 unspecified atom stereocenters. The van der Waals surface area contributed by atoms with Crippen LogP contribution in [0.3, 0.4) is 0 Å². The highest BCUT2D eigenvalue weighted by molar-refractivity contribution is 5.35. The fourth-order valence-electron chi connectivity index (χ4n) is 1.84. The zero-order chi connectivity index (χ0) is 14.5. The van der Waals surface area contributed by atoms with Crippen molar-refractivity contribution in [2.45, 2.75) is 26.1 Å². The minimum atomic E-state index is -4.30. The van der Waals surface area contributed by atoms with E-state index in [1.807, 2.05) is 6.92 Å². The van der Waals surface area contributed by atoms with Crippen LogP contribution in [0, 0.1) is 6.92 Å². The van der Waals surface area contributed by atoms with Gasteiger partial charge in [0.2, 0.25) is 0 Å². The van der Waals surface area contributed by atoms with Crippen molar-refractivity contribution in [1.29, 1.82) is 0 Å². The lowest BCUT2D eigenvalue weighted by Crippen LogP contribution is -2.34. The lowest BCUT2D eigenvalue weighted by molar-refractivity contribution is -0.147. The van der Waals surface area contributed by atoms with Gasteiger partial charge in [0.1, 0.15) is 5.75 Å². The molecule has 0 aromatic heterocycles. The van der Waals surface area contributed by atoms with E-state index in [2.05, 4.69) is 0 Å². The molecule has 3 nitrogen and oxygen atoms in total. The van der Waals surface area contributed by atoms with Gasteiger partial charge in [-0.15, -0.1) is 0 Å². The maximum Gasteiger partial charge on any atom is 0.401 e. The lowest BCUT2D eigenvalue weighted by Gasteiger charge is -2.23. The number of aliphatic hydroxyl groups is 1. The fraction of sp³-hybridized carbons (Fsp3) is 0.538. The predicted octanol–water partition coefficient (Wildman–Crippen LogP) is 2.45. The maximum atomic E-state index is 12.4. The molecule has 0 bridgehead atoms. The molecule has 108 valence electrons. The molecule has 6 heteroatoms. The number of aromatic hydroxyl groups is 1. The molecular formula is C13H18F3NO2. The van der Waals surface area contributed by atoms with Crippen molar-refractivity contribution < 1.29 is 23.4 Å². The Hall–Kier alpha value is -1.27. The standard InChI is InChI=1S/C13H18F3NO2/c1-10-3-4-12(19)11(7-10)8-17(5-2-6-18)9-13(14,15)16/h3-4,7,18-19H,2,5-6,8-9H2,1H3. The first-order valence-electron chi connectivity index (χ1n) is 6.00. The Morgan fingerprint density at radius 3 is 2.53 bits per heavy atom. The summed E-state index contributed by atoms with van der Waals surface area (Å²) in [5.74, 6) is -0.0122. The van der Waals surface area contributed by atoms with Gasteiger partial charge in [0, 0.05) is 25.3 Å². The van der Waals surface area contributed by atoms with Crippen LogP contribution in [-0.4, -0.2) is 41.0 Å². The number of rotatable bonds is 6. The summed E-state index contributed by atoms with van der Waals surface area (Å²) in [5.41, 5.74) is 1.34. The van der Waals surface area contributed by atoms with Gasteiger partial charge in [-0.25, -0.2) is 0 Å². The third-order valence-electron chi connectivity index (χ3n) is 2.66. The number of aliphatic hydroxyl groups excluding tert-OH is 1. The van der Waals surface area contributed by atoms with Gasteiger partial charge < -0.3 is 10.2 Å². The summed E-state index contributed by atoms with van der Waals surface area (Å²) in [6, 6.07) is 4.83. The average molecular weight is 277 g/mol. The van der Waals surface area contributed by atoms with Crippen LogP contribution in [0.15, 0.2) is 18.2 Å². The van der Waals surface area contributed by atoms with Crippen molar-refractivity contribution in [1.82, 2.24) is 4.90 Å². The number of phenolic OH excluding ortho intramolecular Hbond substituents is 1. The Kier molecular flexibility index (Phi) is 5.62. The molecule has 0 fully saturated rings. The van der Waals surface area contributed by atoms with Crippen LogP contribution in [0.5, 0.6) is 5.75 Å². The molecular weight excluding hydrogens is 259 g/mol. The van der Waals surface area contributed by atoms with E-state index in [-0.39, 0.29) is 31.9 Å². The van der Waals surface area contributed by atoms with E-state index in [1.165, 1.54) is 11.0 Å². The number of benzene rings is 1. The molecule has 0 atom stereocenters. The van der Waals surface area contributed by atoms with Gasteiger partial charge >= 0.3 is 6.18 Å². The van der Waals surface area contributed by atoms with Crippen molar-refractivity contribution in [3.05, 3.63) is 29.3 Å². The average Bonchev–Trinajstić information content (AvgIpc) is 2.29. The summed E-state index contributed by atoms with van der Waals surface area (Å²) in [4.78, 5) is 1.17. The molecule has 0 aliphatic rings. The number of nitrogens with zero attached hydrogens (tertiary/aromatic N) is 1. The Labute approximate surface area is 110 Å². The van der Waals surface area contributed by atoms with Crippen LogP contribution in [0.4, 0.5) is 13.2 Å². The number of halogens is 3. The van der Waals surface area contributed by atoms with E-state index < -0.39 is 12.7 Å². The smallest absolute Gasteiger partial charge is 0.401 e. The van der Waals surface area contributed by atoms with E-state index in [0.29, 0.717) is 5.56 Å². The molecule has 1 aromatic carbocycles. The lowest BCUT2D eigenvalue weighted by atomic mass is 10.1. The van der Waals surface area contributed by atoms with Gasteiger partial charge in [0.15, 0.2) is 0 Å². The summed E-state index contributed by atoms with van der Waals surface area (Å²) >= 11 is 0. The summed E-state index contributed by atoms with van der Waals surface area (Å²) in [6.45, 7) is 0.732. The van der Waals surface area contributed by atoms with Gasteiger partial charge in [-0.3, -0.25) is 4.90 Å². The molecule has 1 aromatic rings. The first-order valence-corrected chi connectivity index (χ1v) is 6.00. The van der Waals surface area contributed by atoms with Crippen LogP contribution in [0.2, 0.25) is 0 Å². The molecule has 0 aliphatic carbocycles. The summed E-state index contributed by atoms with van der Waals surface area (Å²) < 4.78 is 37.3. The van der Waals surface area contributed by atoms with Crippen LogP contribution in [0.25, 0.3) is 0 Å². The molecule has 0 spiro atoms. The van der Waals surface area contributed by atoms with E-state index in [1.54, 1.807) is 12.1 Å². The Bertz CT molecular complexity index is 407. The predicted molar refractivity (Wildman–Crippen MR) is 65.9 cm³/mol. The first-order chi connectivity index (χ1) is 8.81. The number of hydrogen-bond donors (Lipinski definition) is 2. The van der Waals surface area contributed by atoms with E-state index >= 15 is 0 Å². The van der Waals surface area contributed by atoms with Crippen molar-refractivity contribution in [3.63, 3.8) is 0 Å². The van der Waals surface area contributed by atoms with Gasteiger partial charge in [0.05, 0.1) is 6.54 Å². The molecule has 0 saturated carbocycles. The Morgan fingerprint density at radius 2 is 1.95 bits per heavy atom. The number of aryl methyl sites for hydroxylation is 1. The molecule has 0 saturated heterocycles. The van der Waals surface area contributed by atoms with E-state index in [0.717, 1.165) is 5.56 Å². The summed E-state index contributed by atoms with van der Waals surface area (Å²) in [5, 5.41) is 18.4. The maximum absolute atomic E-state index is 12.4. The van der Waals surface area contributed by atoms with Gasteiger partial charge in [-0.05, 0) is 19.4 Å². The van der Waals surface area contributed by atoms with Gasteiger partial charge in [-0.2, -0.15) is 13.2 Å². The molecule has 0 aliphatic heterocycles. The highest BCUT2D eigenvalue weighted by Gasteiger charge is 2.30. The number of hydrogen-bond acceptors (Lipinski definition) is 3. The quantitative estimate of drug-likeness (QED) is 0.839. The third-order valence-corrected chi connectivity index (χ3v) is 2.66. The SMILES string of the molecule is Cc1ccc(O)c(CN(CCCO)CC(F)(F)F)c1. The summed E-state index contributed by atoms with van der Waals surface area (Å²) in [7, 11) is 0. The van der Waals surface area contributed by atoms with Crippen molar-refractivity contribution in [3.8, 4) is 5.75 Å². The van der Waals surface area contributed by atoms with Crippen molar-refractivity contribution >= 4 is 0 Å². The highest BCUT2D eigenvalue weighted by Crippen LogP contribution is 2.23. The number of phenols is 1. The van der Waals surface area contributed by atoms with Gasteiger partial charge in [0.25, 0.3) is 0 Å². The molecule has 0 radical (unpaired) electrons. The second-order valence-corrected chi connectivity index (χ2v) is 4.54. The first kappa shape index (κ1) is 15.8. The second-order valence-electron chi connectivity index (χ2n) is 4.54. The largest absolute Gasteiger partial charge is 0.508 e. The third kappa shape index (κ3) is 5.94. The minimum Gasteiger partial charge on any atom is -0.508 e. The fourth-order valence-corrected chi connectivity index (χ4v) is 1.84.